The van der Waals surface area contributed by atoms with E-state index in [9.17, 15) is 9.18 Å². The Morgan fingerprint density at radius 2 is 2.15 bits per heavy atom. The summed E-state index contributed by atoms with van der Waals surface area (Å²) in [5.41, 5.74) is 5.29. The van der Waals surface area contributed by atoms with E-state index in [2.05, 4.69) is 12.2 Å². The van der Waals surface area contributed by atoms with Crippen molar-refractivity contribution >= 4 is 34.6 Å². The first-order valence-electron chi connectivity index (χ1n) is 3.31. The number of rotatable bonds is 2. The molecule has 0 unspecified atom stereocenters. The summed E-state index contributed by atoms with van der Waals surface area (Å²) in [6.07, 6.45) is 0. The molecule has 0 saturated carbocycles. The molecular formula is C8H5ClFNOS. The predicted octanol–water partition coefficient (Wildman–Crippen LogP) is 1.95. The molecule has 0 radical (unpaired) electrons. The van der Waals surface area contributed by atoms with Crippen LogP contribution in [0.15, 0.2) is 18.2 Å². The summed E-state index contributed by atoms with van der Waals surface area (Å²) >= 11 is 9.92. The second kappa shape index (κ2) is 3.81. The van der Waals surface area contributed by atoms with Gasteiger partial charge in [-0.2, -0.15) is 0 Å². The first-order chi connectivity index (χ1) is 6.02. The molecule has 0 saturated heterocycles. The fourth-order valence-electron chi connectivity index (χ4n) is 0.780. The standard InChI is InChI=1S/C8H5ClFNOS/c9-5-3-4(1-2-6(5)10)7(12)8(11)13/h1-3H,(H2,11,13). The maximum absolute atomic E-state index is 12.7. The highest BCUT2D eigenvalue weighted by atomic mass is 35.5. The Morgan fingerprint density at radius 3 is 2.62 bits per heavy atom. The molecule has 0 aliphatic carbocycles. The van der Waals surface area contributed by atoms with Crippen LogP contribution >= 0.6 is 23.8 Å². The van der Waals surface area contributed by atoms with Crippen molar-refractivity contribution in [2.24, 2.45) is 5.73 Å². The van der Waals surface area contributed by atoms with Crippen LogP contribution in [0.4, 0.5) is 4.39 Å². The lowest BCUT2D eigenvalue weighted by Crippen LogP contribution is -2.20. The summed E-state index contributed by atoms with van der Waals surface area (Å²) < 4.78 is 12.7. The highest BCUT2D eigenvalue weighted by Crippen LogP contribution is 2.16. The maximum Gasteiger partial charge on any atom is 0.219 e. The smallest absolute Gasteiger partial charge is 0.219 e. The molecule has 1 aromatic carbocycles. The summed E-state index contributed by atoms with van der Waals surface area (Å²) in [7, 11) is 0. The average molecular weight is 218 g/mol. The van der Waals surface area contributed by atoms with Crippen LogP contribution in [0.3, 0.4) is 0 Å². The van der Waals surface area contributed by atoms with Gasteiger partial charge in [0.15, 0.2) is 0 Å². The lowest BCUT2D eigenvalue weighted by molar-refractivity contribution is 0.106. The Morgan fingerprint density at radius 1 is 1.54 bits per heavy atom. The highest BCUT2D eigenvalue weighted by Gasteiger charge is 2.10. The van der Waals surface area contributed by atoms with Crippen LogP contribution < -0.4 is 5.73 Å². The Hall–Kier alpha value is -1.00. The van der Waals surface area contributed by atoms with Gasteiger partial charge in [-0.25, -0.2) is 4.39 Å². The SMILES string of the molecule is NC(=S)C(=O)c1ccc(F)c(Cl)c1. The Bertz CT molecular complexity index is 380. The molecule has 0 aliphatic heterocycles. The highest BCUT2D eigenvalue weighted by molar-refractivity contribution is 7.82. The van der Waals surface area contributed by atoms with E-state index in [4.69, 9.17) is 17.3 Å². The number of hydrogen-bond donors (Lipinski definition) is 1. The molecule has 13 heavy (non-hydrogen) atoms. The third-order valence-corrected chi connectivity index (χ3v) is 1.88. The predicted molar refractivity (Wildman–Crippen MR) is 52.5 cm³/mol. The minimum absolute atomic E-state index is 0.123. The minimum Gasteiger partial charge on any atom is -0.387 e. The number of halogens is 2. The van der Waals surface area contributed by atoms with E-state index in [1.54, 1.807) is 0 Å². The first kappa shape index (κ1) is 10.1. The van der Waals surface area contributed by atoms with E-state index < -0.39 is 11.6 Å². The van der Waals surface area contributed by atoms with Gasteiger partial charge in [-0.05, 0) is 18.2 Å². The summed E-state index contributed by atoms with van der Waals surface area (Å²) in [5, 5.41) is -0.123. The zero-order chi connectivity index (χ0) is 10.0. The van der Waals surface area contributed by atoms with Gasteiger partial charge in [0.05, 0.1) is 5.02 Å². The number of benzene rings is 1. The van der Waals surface area contributed by atoms with Crippen LogP contribution in [0.5, 0.6) is 0 Å². The van der Waals surface area contributed by atoms with Crippen molar-refractivity contribution in [2.45, 2.75) is 0 Å². The summed E-state index contributed by atoms with van der Waals surface area (Å²) in [6, 6.07) is 3.56. The molecule has 1 aromatic rings. The van der Waals surface area contributed by atoms with Crippen LogP contribution in [0.1, 0.15) is 10.4 Å². The number of carbonyl (C=O) groups excluding carboxylic acids is 1. The number of nitrogens with two attached hydrogens (primary N) is 1. The fourth-order valence-corrected chi connectivity index (χ4v) is 1.08. The van der Waals surface area contributed by atoms with E-state index >= 15 is 0 Å². The molecule has 2 N–H and O–H groups in total. The van der Waals surface area contributed by atoms with E-state index in [0.717, 1.165) is 6.07 Å². The molecular weight excluding hydrogens is 213 g/mol. The van der Waals surface area contributed by atoms with Gasteiger partial charge in [0.25, 0.3) is 0 Å². The lowest BCUT2D eigenvalue weighted by Gasteiger charge is -1.99. The molecule has 1 rings (SSSR count). The Kier molecular flexibility index (Phi) is 2.95. The molecule has 0 amide bonds. The third-order valence-electron chi connectivity index (χ3n) is 1.41. The zero-order valence-electron chi connectivity index (χ0n) is 6.38. The molecule has 0 heterocycles. The molecule has 2 nitrogen and oxygen atoms in total. The summed E-state index contributed by atoms with van der Waals surface area (Å²) in [5.74, 6) is -1.10. The topological polar surface area (TPSA) is 43.1 Å². The number of ketones is 1. The largest absolute Gasteiger partial charge is 0.387 e. The van der Waals surface area contributed by atoms with E-state index in [-0.39, 0.29) is 15.6 Å². The molecule has 0 fully saturated rings. The van der Waals surface area contributed by atoms with Gasteiger partial charge in [0, 0.05) is 5.56 Å². The van der Waals surface area contributed by atoms with Crippen LogP contribution in [0.2, 0.25) is 5.02 Å². The van der Waals surface area contributed by atoms with Gasteiger partial charge in [-0.3, -0.25) is 4.79 Å². The van der Waals surface area contributed by atoms with Gasteiger partial charge in [-0.1, -0.05) is 23.8 Å². The molecule has 68 valence electrons. The molecule has 0 aromatic heterocycles. The second-order valence-corrected chi connectivity index (χ2v) is 3.17. The fraction of sp³-hybridized carbons (Fsp3) is 0. The molecule has 5 heteroatoms. The maximum atomic E-state index is 12.7. The van der Waals surface area contributed by atoms with Crippen molar-refractivity contribution in [1.29, 1.82) is 0 Å². The summed E-state index contributed by atoms with van der Waals surface area (Å²) in [4.78, 5) is 10.9. The third kappa shape index (κ3) is 2.23. The van der Waals surface area contributed by atoms with Crippen molar-refractivity contribution < 1.29 is 9.18 Å². The summed E-state index contributed by atoms with van der Waals surface area (Å²) in [6.45, 7) is 0. The van der Waals surface area contributed by atoms with Crippen molar-refractivity contribution in [1.82, 2.24) is 0 Å². The number of hydrogen-bond acceptors (Lipinski definition) is 2. The van der Waals surface area contributed by atoms with Crippen molar-refractivity contribution in [3.8, 4) is 0 Å². The van der Waals surface area contributed by atoms with E-state index in [0.29, 0.717) is 0 Å². The van der Waals surface area contributed by atoms with E-state index in [1.165, 1.54) is 12.1 Å². The number of thiocarbonyl (C=S) groups is 1. The lowest BCUT2D eigenvalue weighted by atomic mass is 10.1. The molecule has 0 spiro atoms. The molecule has 0 aliphatic rings. The number of Topliss-reactive ketones (excluding diaryl/α,β-unsaturated/α-hetero) is 1. The monoisotopic (exact) mass is 217 g/mol. The number of carbonyl (C=O) groups is 1. The Labute approximate surface area is 84.5 Å². The van der Waals surface area contributed by atoms with Crippen molar-refractivity contribution in [3.63, 3.8) is 0 Å². The van der Waals surface area contributed by atoms with Crippen molar-refractivity contribution in [2.75, 3.05) is 0 Å². The van der Waals surface area contributed by atoms with Gasteiger partial charge >= 0.3 is 0 Å². The van der Waals surface area contributed by atoms with Gasteiger partial charge in [-0.15, -0.1) is 0 Å². The van der Waals surface area contributed by atoms with Crippen LogP contribution in [-0.2, 0) is 0 Å². The van der Waals surface area contributed by atoms with E-state index in [1.807, 2.05) is 0 Å². The van der Waals surface area contributed by atoms with Gasteiger partial charge < -0.3 is 5.73 Å². The second-order valence-electron chi connectivity index (χ2n) is 2.32. The average Bonchev–Trinajstić information content (AvgIpc) is 2.08. The Balaban J connectivity index is 3.11. The van der Waals surface area contributed by atoms with Crippen molar-refractivity contribution in [3.05, 3.63) is 34.6 Å². The van der Waals surface area contributed by atoms with Crippen LogP contribution in [0.25, 0.3) is 0 Å². The normalized spacial score (nSPS) is 9.69. The zero-order valence-corrected chi connectivity index (χ0v) is 7.95. The van der Waals surface area contributed by atoms with Gasteiger partial charge in [0.2, 0.25) is 5.78 Å². The van der Waals surface area contributed by atoms with Crippen LogP contribution in [-0.4, -0.2) is 10.8 Å². The van der Waals surface area contributed by atoms with Crippen LogP contribution in [0, 0.1) is 5.82 Å². The minimum atomic E-state index is -0.582. The quantitative estimate of drug-likeness (QED) is 0.608. The molecule has 0 bridgehead atoms. The molecule has 0 atom stereocenters. The first-order valence-corrected chi connectivity index (χ1v) is 4.10. The van der Waals surface area contributed by atoms with Gasteiger partial charge in [0.1, 0.15) is 10.8 Å².